The van der Waals surface area contributed by atoms with Crippen LogP contribution >= 0.6 is 11.6 Å². The fourth-order valence-corrected chi connectivity index (χ4v) is 3.93. The maximum Gasteiger partial charge on any atom is 0.312 e. The number of nitrogens with one attached hydrogen (secondary N) is 1. The molecule has 1 aromatic carbocycles. The highest BCUT2D eigenvalue weighted by Crippen LogP contribution is 2.30. The van der Waals surface area contributed by atoms with Crippen LogP contribution in [0.5, 0.6) is 0 Å². The second kappa shape index (κ2) is 9.66. The van der Waals surface area contributed by atoms with Crippen LogP contribution in [0.1, 0.15) is 24.0 Å². The van der Waals surface area contributed by atoms with Crippen molar-refractivity contribution in [2.75, 3.05) is 27.7 Å². The van der Waals surface area contributed by atoms with Crippen molar-refractivity contribution in [3.8, 4) is 0 Å². The molecule has 0 spiro atoms. The van der Waals surface area contributed by atoms with Crippen LogP contribution in [-0.4, -0.2) is 77.1 Å². The summed E-state index contributed by atoms with van der Waals surface area (Å²) in [5, 5.41) is 14.0. The van der Waals surface area contributed by atoms with Gasteiger partial charge in [-0.1, -0.05) is 30.3 Å². The summed E-state index contributed by atoms with van der Waals surface area (Å²) in [7, 11) is 4.54. The summed E-state index contributed by atoms with van der Waals surface area (Å²) in [5.74, 6) is -1.84. The van der Waals surface area contributed by atoms with Crippen molar-refractivity contribution in [2.24, 2.45) is 4.99 Å². The van der Waals surface area contributed by atoms with Gasteiger partial charge in [-0.25, -0.2) is 4.99 Å². The Bertz CT molecular complexity index is 1080. The molecule has 2 aliphatic rings. The van der Waals surface area contributed by atoms with Gasteiger partial charge in [-0.2, -0.15) is 0 Å². The predicted octanol–water partition coefficient (Wildman–Crippen LogP) is 1.97. The second-order valence-electron chi connectivity index (χ2n) is 8.31. The summed E-state index contributed by atoms with van der Waals surface area (Å²) in [4.78, 5) is 46.3. The minimum atomic E-state index is -0.679. The number of likely N-dealkylation sites (N-methyl/N-ethyl adjacent to an activating group) is 2. The molecule has 1 saturated heterocycles. The molecule has 1 unspecified atom stereocenters. The number of fused-ring (bicyclic) bond motifs is 1. The highest BCUT2D eigenvalue weighted by atomic mass is 35.5. The molecule has 0 bridgehead atoms. The van der Waals surface area contributed by atoms with Crippen LogP contribution in [0.4, 0.5) is 0 Å². The van der Waals surface area contributed by atoms with Crippen molar-refractivity contribution in [3.63, 3.8) is 0 Å². The highest BCUT2D eigenvalue weighted by molar-refractivity contribution is 6.35. The zero-order valence-corrected chi connectivity index (χ0v) is 19.9. The number of amides is 3. The Hall–Kier alpha value is -3.33. The zero-order valence-electron chi connectivity index (χ0n) is 19.2. The number of carbonyl (C=O) groups excluding carboxylic acids is 3. The molecular formula is C23H28ClN5O4. The molecule has 1 fully saturated rings. The normalized spacial score (nSPS) is 17.8. The fraction of sp³-hybridized carbons (Fsp3) is 0.391. The number of piperidine rings is 1. The first kappa shape index (κ1) is 24.3. The number of halogens is 1. The third-order valence-corrected chi connectivity index (χ3v) is 6.17. The molecule has 1 atom stereocenters. The van der Waals surface area contributed by atoms with Gasteiger partial charge in [0.25, 0.3) is 5.91 Å². The van der Waals surface area contributed by atoms with Gasteiger partial charge < -0.3 is 25.1 Å². The Morgan fingerprint density at radius 1 is 1.27 bits per heavy atom. The lowest BCUT2D eigenvalue weighted by molar-refractivity contribution is -0.150. The number of amidine groups is 1. The lowest BCUT2D eigenvalue weighted by Gasteiger charge is -2.42. The van der Waals surface area contributed by atoms with Crippen molar-refractivity contribution in [1.29, 1.82) is 0 Å². The summed E-state index contributed by atoms with van der Waals surface area (Å²) < 4.78 is 0. The van der Waals surface area contributed by atoms with Gasteiger partial charge in [0, 0.05) is 39.3 Å². The van der Waals surface area contributed by atoms with Crippen molar-refractivity contribution >= 4 is 35.2 Å². The van der Waals surface area contributed by atoms with E-state index in [9.17, 15) is 19.5 Å². The van der Waals surface area contributed by atoms with E-state index in [4.69, 9.17) is 11.6 Å². The van der Waals surface area contributed by atoms with Gasteiger partial charge in [-0.3, -0.25) is 14.4 Å². The van der Waals surface area contributed by atoms with E-state index in [1.165, 1.54) is 30.9 Å². The van der Waals surface area contributed by atoms with Crippen molar-refractivity contribution in [3.05, 3.63) is 58.1 Å². The van der Waals surface area contributed by atoms with Crippen LogP contribution in [0.15, 0.2) is 46.9 Å². The number of carbonyl (C=O) groups is 3. The average Bonchev–Trinajstić information content (AvgIpc) is 2.79. The number of benzene rings is 1. The zero-order chi connectivity index (χ0) is 24.4. The predicted molar refractivity (Wildman–Crippen MR) is 125 cm³/mol. The molecule has 2 heterocycles. The first-order chi connectivity index (χ1) is 15.5. The third kappa shape index (κ3) is 4.88. The summed E-state index contributed by atoms with van der Waals surface area (Å²) in [6.07, 6.45) is 1.25. The molecule has 176 valence electrons. The Morgan fingerprint density at radius 2 is 1.97 bits per heavy atom. The number of aliphatic hydroxyl groups excluding tert-OH is 1. The quantitative estimate of drug-likeness (QED) is 0.650. The maximum atomic E-state index is 12.9. The van der Waals surface area contributed by atoms with E-state index in [0.29, 0.717) is 30.2 Å². The van der Waals surface area contributed by atoms with E-state index >= 15 is 0 Å². The van der Waals surface area contributed by atoms with E-state index in [0.717, 1.165) is 11.1 Å². The van der Waals surface area contributed by atoms with Crippen LogP contribution in [0.25, 0.3) is 0 Å². The SMILES string of the molecule is C=C1C(O)=C(C(=O)NCc2ccc(C)c(Cl)c2)N=C2C(N(C)C(=O)C(=O)N(C)C)CCCN12. The van der Waals surface area contributed by atoms with Gasteiger partial charge in [0.05, 0.1) is 11.7 Å². The Kier molecular flexibility index (Phi) is 7.12. The summed E-state index contributed by atoms with van der Waals surface area (Å²) in [6.45, 7) is 6.52. The van der Waals surface area contributed by atoms with Crippen molar-refractivity contribution in [1.82, 2.24) is 20.0 Å². The molecule has 2 aliphatic heterocycles. The topological polar surface area (TPSA) is 106 Å². The Balaban J connectivity index is 1.85. The number of hydrogen-bond acceptors (Lipinski definition) is 6. The van der Waals surface area contributed by atoms with E-state index < -0.39 is 23.8 Å². The summed E-state index contributed by atoms with van der Waals surface area (Å²) >= 11 is 6.15. The molecule has 3 amide bonds. The molecule has 0 aromatic heterocycles. The van der Waals surface area contributed by atoms with E-state index in [2.05, 4.69) is 16.9 Å². The largest absolute Gasteiger partial charge is 0.504 e. The first-order valence-corrected chi connectivity index (χ1v) is 10.9. The van der Waals surface area contributed by atoms with Crippen molar-refractivity contribution < 1.29 is 19.5 Å². The number of aryl methyl sites for hydroxylation is 1. The van der Waals surface area contributed by atoms with Crippen LogP contribution < -0.4 is 5.32 Å². The molecular weight excluding hydrogens is 446 g/mol. The number of nitrogens with zero attached hydrogens (tertiary/aromatic N) is 4. The smallest absolute Gasteiger partial charge is 0.312 e. The minimum Gasteiger partial charge on any atom is -0.504 e. The van der Waals surface area contributed by atoms with E-state index in [-0.39, 0.29) is 23.7 Å². The molecule has 10 heteroatoms. The highest BCUT2D eigenvalue weighted by Gasteiger charge is 2.39. The van der Waals surface area contributed by atoms with Gasteiger partial charge in [0.1, 0.15) is 5.84 Å². The maximum absolute atomic E-state index is 12.9. The molecule has 1 aromatic rings. The second-order valence-corrected chi connectivity index (χ2v) is 8.71. The van der Waals surface area contributed by atoms with Gasteiger partial charge in [0.15, 0.2) is 11.5 Å². The minimum absolute atomic E-state index is 0.184. The van der Waals surface area contributed by atoms with Crippen LogP contribution in [0.3, 0.4) is 0 Å². The summed E-state index contributed by atoms with van der Waals surface area (Å²) in [5.41, 5.74) is 1.77. The third-order valence-electron chi connectivity index (χ3n) is 5.77. The first-order valence-electron chi connectivity index (χ1n) is 10.5. The number of aliphatic hydroxyl groups is 1. The Labute approximate surface area is 198 Å². The molecule has 9 nitrogen and oxygen atoms in total. The lowest BCUT2D eigenvalue weighted by Crippen LogP contribution is -2.56. The Morgan fingerprint density at radius 3 is 2.61 bits per heavy atom. The standard InChI is InChI=1S/C23H28ClN5O4/c1-13-8-9-15(11-16(13)24)12-25-21(31)18-19(30)14(2)29-10-6-7-17(20(29)26-18)28(5)23(33)22(32)27(3)4/h8-9,11,17,30H,2,6-7,10,12H2,1,3-5H3,(H,25,31). The monoisotopic (exact) mass is 473 g/mol. The molecule has 0 aliphatic carbocycles. The van der Waals surface area contributed by atoms with Gasteiger partial charge >= 0.3 is 11.8 Å². The van der Waals surface area contributed by atoms with Crippen LogP contribution in [0.2, 0.25) is 5.02 Å². The number of aliphatic imine (C=N–C) groups is 1. The summed E-state index contributed by atoms with van der Waals surface area (Å²) in [6, 6.07) is 4.93. The van der Waals surface area contributed by atoms with Crippen LogP contribution in [-0.2, 0) is 20.9 Å². The molecule has 0 radical (unpaired) electrons. The molecule has 33 heavy (non-hydrogen) atoms. The van der Waals surface area contributed by atoms with E-state index in [1.807, 2.05) is 19.1 Å². The average molecular weight is 474 g/mol. The van der Waals surface area contributed by atoms with Crippen molar-refractivity contribution in [2.45, 2.75) is 32.4 Å². The van der Waals surface area contributed by atoms with Crippen LogP contribution in [0, 0.1) is 6.92 Å². The molecule has 2 N–H and O–H groups in total. The molecule has 3 rings (SSSR count). The fourth-order valence-electron chi connectivity index (χ4n) is 3.73. The molecule has 0 saturated carbocycles. The number of hydrogen-bond donors (Lipinski definition) is 2. The van der Waals surface area contributed by atoms with Gasteiger partial charge in [-0.05, 0) is 37.0 Å². The van der Waals surface area contributed by atoms with Gasteiger partial charge in [0.2, 0.25) is 0 Å². The van der Waals surface area contributed by atoms with Gasteiger partial charge in [-0.15, -0.1) is 0 Å². The van der Waals surface area contributed by atoms with E-state index in [1.54, 1.807) is 11.0 Å². The number of rotatable bonds is 4. The lowest BCUT2D eigenvalue weighted by atomic mass is 9.99.